The molecule has 69 heavy (non-hydrogen) atoms. The Balaban J connectivity index is 1.00. The third kappa shape index (κ3) is 13.6. The second-order valence-electron chi connectivity index (χ2n) is 19.8. The molecule has 0 radical (unpaired) electrons. The van der Waals surface area contributed by atoms with Crippen LogP contribution in [0.2, 0.25) is 0 Å². The average Bonchev–Trinajstić information content (AvgIpc) is 3.65. The number of fused-ring (bicyclic) bond motifs is 2. The zero-order valence-electron chi connectivity index (χ0n) is 41.4. The van der Waals surface area contributed by atoms with Gasteiger partial charge in [-0.3, -0.25) is 28.8 Å². The quantitative estimate of drug-likeness (QED) is 0.0940. The first kappa shape index (κ1) is 54.1. The number of likely N-dealkylation sites (N-methyl/N-ethyl adjacent to an activating group) is 2. The lowest BCUT2D eigenvalue weighted by Gasteiger charge is -2.35. The second-order valence-corrected chi connectivity index (χ2v) is 22.3. The number of ether oxygens (including phenoxy) is 3. The fraction of sp³-hybridized carbons (Fsp3) is 0.640. The van der Waals surface area contributed by atoms with Gasteiger partial charge in [-0.25, -0.2) is 0 Å². The second kappa shape index (κ2) is 24.7. The molecule has 2 aromatic rings. The summed E-state index contributed by atoms with van der Waals surface area (Å²) in [5.74, 6) is -0.190. The van der Waals surface area contributed by atoms with Crippen LogP contribution in [0.25, 0.3) is 0 Å². The summed E-state index contributed by atoms with van der Waals surface area (Å²) in [7, 11) is 3.39. The fourth-order valence-corrected chi connectivity index (χ4v) is 12.8. The van der Waals surface area contributed by atoms with Crippen molar-refractivity contribution < 1.29 is 43.0 Å². The third-order valence-electron chi connectivity index (χ3n) is 13.7. The molecule has 6 rings (SSSR count). The van der Waals surface area contributed by atoms with Crippen LogP contribution < -0.4 is 31.9 Å². The highest BCUT2D eigenvalue weighted by atomic mass is 32.2. The number of rotatable bonds is 22. The van der Waals surface area contributed by atoms with Gasteiger partial charge in [-0.05, 0) is 87.1 Å². The number of nitrogens with one attached hydrogen (secondary N) is 6. The van der Waals surface area contributed by atoms with Gasteiger partial charge < -0.3 is 55.9 Å². The van der Waals surface area contributed by atoms with E-state index in [1.54, 1.807) is 61.3 Å². The molecule has 380 valence electrons. The number of nitrogens with zero attached hydrogens (tertiary/aromatic N) is 2. The number of thioether (sulfide) groups is 2. The van der Waals surface area contributed by atoms with Crippen LogP contribution in [-0.4, -0.2) is 157 Å². The highest BCUT2D eigenvalue weighted by Crippen LogP contribution is 2.48. The summed E-state index contributed by atoms with van der Waals surface area (Å²) in [6, 6.07) is 14.3. The Morgan fingerprint density at radius 1 is 0.609 bits per heavy atom. The van der Waals surface area contributed by atoms with Gasteiger partial charge in [0.05, 0.1) is 74.6 Å². The number of benzene rings is 2. The van der Waals surface area contributed by atoms with E-state index < -0.39 is 59.2 Å². The van der Waals surface area contributed by atoms with Gasteiger partial charge >= 0.3 is 0 Å². The Labute approximate surface area is 416 Å². The molecule has 0 spiro atoms. The smallest absolute Gasteiger partial charge is 0.246 e. The Morgan fingerprint density at radius 3 is 1.33 bits per heavy atom. The van der Waals surface area contributed by atoms with Crippen molar-refractivity contribution in [3.63, 3.8) is 0 Å². The van der Waals surface area contributed by atoms with Gasteiger partial charge in [0.15, 0.2) is 0 Å². The van der Waals surface area contributed by atoms with Crippen LogP contribution in [0.3, 0.4) is 0 Å². The van der Waals surface area contributed by atoms with Crippen LogP contribution in [0.4, 0.5) is 0 Å². The van der Waals surface area contributed by atoms with Gasteiger partial charge in [-0.15, -0.1) is 23.5 Å². The predicted octanol–water partition coefficient (Wildman–Crippen LogP) is 3.12. The fourth-order valence-electron chi connectivity index (χ4n) is 9.61. The topological polar surface area (TPSA) is 209 Å². The van der Waals surface area contributed by atoms with Crippen LogP contribution in [0.15, 0.2) is 60.7 Å². The molecule has 17 nitrogen and oxygen atoms in total. The summed E-state index contributed by atoms with van der Waals surface area (Å²) in [5.41, 5.74) is 0.670. The molecule has 4 heterocycles. The highest BCUT2D eigenvalue weighted by Gasteiger charge is 2.56. The standard InChI is InChI=1S/C50H74N8O9S2/c1-31(51-7)43(59)53-35-19-25-68-39-27-49(3,4)41(57(39)47(35)63)45(61)55-37(33-15-11-9-12-16-33)29-66-23-21-65-22-24-67-30-38(34-17-13-10-14-18-34)56-46(62)42-50(5,6)28-40-58(42)48(64)36(20-26-69-40)54-44(60)32(2)52-8/h9-18,31-32,35-42,51-52H,19-30H2,1-8H3,(H,53,59)(H,54,60)(H,55,61)(H,56,62)/t31-,32-,35-,36-,37+,38+,39-,40-,41+,42?/m0/s1. The highest BCUT2D eigenvalue weighted by molar-refractivity contribution is 8.00. The maximum Gasteiger partial charge on any atom is 0.246 e. The Hall–Kier alpha value is -4.24. The van der Waals surface area contributed by atoms with E-state index in [1.165, 1.54) is 0 Å². The van der Waals surface area contributed by atoms with E-state index in [-0.39, 0.29) is 85.8 Å². The summed E-state index contributed by atoms with van der Waals surface area (Å²) < 4.78 is 18.1. The normalized spacial score (nSPS) is 25.8. The molecule has 4 saturated heterocycles. The molecule has 0 saturated carbocycles. The van der Waals surface area contributed by atoms with Gasteiger partial charge in [-0.2, -0.15) is 0 Å². The summed E-state index contributed by atoms with van der Waals surface area (Å²) >= 11 is 3.30. The van der Waals surface area contributed by atoms with E-state index >= 15 is 0 Å². The third-order valence-corrected chi connectivity index (χ3v) is 16.2. The molecule has 0 aromatic heterocycles. The Kier molecular flexibility index (Phi) is 19.4. The summed E-state index contributed by atoms with van der Waals surface area (Å²) in [5, 5.41) is 17.7. The van der Waals surface area contributed by atoms with Crippen LogP contribution in [0, 0.1) is 10.8 Å². The van der Waals surface area contributed by atoms with E-state index in [9.17, 15) is 28.8 Å². The van der Waals surface area contributed by atoms with Crippen molar-refractivity contribution in [2.45, 2.75) is 126 Å². The minimum absolute atomic E-state index is 0.166. The zero-order valence-corrected chi connectivity index (χ0v) is 43.1. The van der Waals surface area contributed by atoms with Gasteiger partial charge in [-0.1, -0.05) is 88.4 Å². The van der Waals surface area contributed by atoms with Gasteiger partial charge in [0, 0.05) is 0 Å². The van der Waals surface area contributed by atoms with E-state index in [4.69, 9.17) is 14.2 Å². The lowest BCUT2D eigenvalue weighted by atomic mass is 9.83. The predicted molar refractivity (Wildman–Crippen MR) is 268 cm³/mol. The first-order chi connectivity index (χ1) is 33.0. The molecular formula is C50H74N8O9S2. The minimum atomic E-state index is -0.753. The maximum absolute atomic E-state index is 14.4. The van der Waals surface area contributed by atoms with Crippen molar-refractivity contribution in [2.75, 3.05) is 65.2 Å². The molecule has 4 aliphatic heterocycles. The monoisotopic (exact) mass is 995 g/mol. The van der Waals surface area contributed by atoms with Crippen molar-refractivity contribution in [2.24, 2.45) is 10.8 Å². The average molecular weight is 995 g/mol. The molecule has 10 atom stereocenters. The summed E-state index contributed by atoms with van der Waals surface area (Å²) in [6.45, 7) is 12.9. The van der Waals surface area contributed by atoms with Gasteiger partial charge in [0.1, 0.15) is 24.2 Å². The number of carbonyl (C=O) groups excluding carboxylic acids is 6. The molecule has 0 bridgehead atoms. The van der Waals surface area contributed by atoms with E-state index in [0.717, 1.165) is 11.1 Å². The maximum atomic E-state index is 14.4. The molecule has 6 amide bonds. The van der Waals surface area contributed by atoms with Crippen molar-refractivity contribution in [1.29, 1.82) is 0 Å². The molecule has 2 aromatic carbocycles. The SMILES string of the molecule is CN[C@@H](C)C(=O)N[C@H]1CCS[C@H]2CC(C)(C)C(C(=O)N[C@H](COCCOCCOC[C@@H](NC(=O)[C@H]3N4C(=O)[C@@H](NC(=O)[C@H](C)NC)CCS[C@H]4CC3(C)C)c3ccccc3)c3ccccc3)N2C1=O. The van der Waals surface area contributed by atoms with E-state index in [2.05, 4.69) is 31.9 Å². The number of amides is 6. The van der Waals surface area contributed by atoms with E-state index in [0.29, 0.717) is 37.2 Å². The van der Waals surface area contributed by atoms with Gasteiger partial charge in [0.2, 0.25) is 35.4 Å². The van der Waals surface area contributed by atoms with Crippen molar-refractivity contribution in [3.05, 3.63) is 71.8 Å². The molecule has 0 aliphatic carbocycles. The number of hydrogen-bond donors (Lipinski definition) is 6. The summed E-state index contributed by atoms with van der Waals surface area (Å²) in [6.07, 6.45) is 2.26. The Morgan fingerprint density at radius 2 is 0.971 bits per heavy atom. The minimum Gasteiger partial charge on any atom is -0.377 e. The molecule has 6 N–H and O–H groups in total. The lowest BCUT2D eigenvalue weighted by Crippen LogP contribution is -2.58. The summed E-state index contributed by atoms with van der Waals surface area (Å²) in [4.78, 5) is 86.0. The number of hydrogen-bond acceptors (Lipinski definition) is 13. The van der Waals surface area contributed by atoms with Crippen molar-refractivity contribution >= 4 is 59.0 Å². The largest absolute Gasteiger partial charge is 0.377 e. The van der Waals surface area contributed by atoms with Crippen LogP contribution in [-0.2, 0) is 43.0 Å². The van der Waals surface area contributed by atoms with Crippen LogP contribution in [0.1, 0.15) is 90.4 Å². The first-order valence-electron chi connectivity index (χ1n) is 24.2. The molecule has 4 aliphatic rings. The molecule has 19 heteroatoms. The first-order valence-corrected chi connectivity index (χ1v) is 26.3. The van der Waals surface area contributed by atoms with Crippen LogP contribution >= 0.6 is 23.5 Å². The van der Waals surface area contributed by atoms with Gasteiger partial charge in [0.25, 0.3) is 0 Å². The lowest BCUT2D eigenvalue weighted by molar-refractivity contribution is -0.144. The van der Waals surface area contributed by atoms with Crippen molar-refractivity contribution in [1.82, 2.24) is 41.7 Å². The molecule has 1 unspecified atom stereocenters. The van der Waals surface area contributed by atoms with E-state index in [1.807, 2.05) is 88.4 Å². The zero-order chi connectivity index (χ0) is 49.9. The van der Waals surface area contributed by atoms with Crippen molar-refractivity contribution in [3.8, 4) is 0 Å². The molecule has 4 fully saturated rings. The number of carbonyl (C=O) groups is 6. The molecular weight excluding hydrogens is 921 g/mol. The van der Waals surface area contributed by atoms with Crippen LogP contribution in [0.5, 0.6) is 0 Å². The Bertz CT molecular complexity index is 1930.